The van der Waals surface area contributed by atoms with E-state index in [2.05, 4.69) is 10.3 Å². The Morgan fingerprint density at radius 2 is 2.23 bits per heavy atom. The van der Waals surface area contributed by atoms with Crippen LogP contribution in [0.25, 0.3) is 0 Å². The summed E-state index contributed by atoms with van der Waals surface area (Å²) in [4.78, 5) is 30.7. The van der Waals surface area contributed by atoms with Crippen LogP contribution in [0.2, 0.25) is 0 Å². The second kappa shape index (κ2) is 6.73. The van der Waals surface area contributed by atoms with E-state index in [1.54, 1.807) is 22.9 Å². The van der Waals surface area contributed by atoms with Crippen LogP contribution in [0, 0.1) is 12.8 Å². The molecule has 6 nitrogen and oxygen atoms in total. The Labute approximate surface area is 134 Å². The predicted molar refractivity (Wildman–Crippen MR) is 83.0 cm³/mol. The molecule has 1 aromatic heterocycles. The third-order valence-electron chi connectivity index (χ3n) is 4.26. The molecule has 2 fully saturated rings. The second-order valence-corrected chi connectivity index (χ2v) is 6.89. The molecule has 1 aliphatic heterocycles. The molecule has 22 heavy (non-hydrogen) atoms. The van der Waals surface area contributed by atoms with E-state index in [-0.39, 0.29) is 30.3 Å². The van der Waals surface area contributed by atoms with Crippen molar-refractivity contribution in [2.75, 3.05) is 11.6 Å². The van der Waals surface area contributed by atoms with Gasteiger partial charge in [0.25, 0.3) is 0 Å². The van der Waals surface area contributed by atoms with Crippen LogP contribution < -0.4 is 5.32 Å². The molecule has 0 bridgehead atoms. The number of oxazole rings is 1. The second-order valence-electron chi connectivity index (χ2n) is 5.89. The SMILES string of the molecule is Cc1cnc(CNC(=O)[C@H]2CSCN2C(=O)C2CCCC2)o1. The topological polar surface area (TPSA) is 75.4 Å². The Balaban J connectivity index is 1.57. The molecule has 3 rings (SSSR count). The lowest BCUT2D eigenvalue weighted by molar-refractivity contribution is -0.141. The monoisotopic (exact) mass is 323 g/mol. The first-order chi connectivity index (χ1) is 10.6. The highest BCUT2D eigenvalue weighted by atomic mass is 32.2. The Kier molecular flexibility index (Phi) is 4.71. The zero-order chi connectivity index (χ0) is 15.5. The van der Waals surface area contributed by atoms with E-state index in [9.17, 15) is 9.59 Å². The highest BCUT2D eigenvalue weighted by Crippen LogP contribution is 2.30. The average Bonchev–Trinajstić information content (AvgIpc) is 3.25. The maximum Gasteiger partial charge on any atom is 0.244 e. The van der Waals surface area contributed by atoms with Gasteiger partial charge in [0, 0.05) is 11.7 Å². The Morgan fingerprint density at radius 3 is 2.91 bits per heavy atom. The minimum atomic E-state index is -0.367. The van der Waals surface area contributed by atoms with Gasteiger partial charge in [-0.25, -0.2) is 4.98 Å². The standard InChI is InChI=1S/C15H21N3O3S/c1-10-6-16-13(21-10)7-17-14(19)12-8-22-9-18(12)15(20)11-4-2-3-5-11/h6,11-12H,2-5,7-9H2,1H3,(H,17,19)/t12-/m1/s1. The minimum absolute atomic E-state index is 0.114. The Bertz CT molecular complexity index is 554. The van der Waals surface area contributed by atoms with E-state index in [0.717, 1.165) is 31.4 Å². The number of thioether (sulfide) groups is 1. The van der Waals surface area contributed by atoms with Crippen molar-refractivity contribution in [3.8, 4) is 0 Å². The molecule has 1 aliphatic carbocycles. The number of rotatable bonds is 4. The van der Waals surface area contributed by atoms with E-state index in [0.29, 0.717) is 17.5 Å². The molecule has 2 amide bonds. The van der Waals surface area contributed by atoms with E-state index in [1.807, 2.05) is 6.92 Å². The molecule has 1 saturated heterocycles. The highest BCUT2D eigenvalue weighted by Gasteiger charge is 2.38. The van der Waals surface area contributed by atoms with Gasteiger partial charge in [0.05, 0.1) is 18.6 Å². The first-order valence-corrected chi connectivity index (χ1v) is 8.88. The lowest BCUT2D eigenvalue weighted by Crippen LogP contribution is -2.48. The van der Waals surface area contributed by atoms with E-state index in [4.69, 9.17) is 4.42 Å². The number of amides is 2. The molecule has 1 atom stereocenters. The predicted octanol–water partition coefficient (Wildman–Crippen LogP) is 1.69. The van der Waals surface area contributed by atoms with Crippen LogP contribution in [0.5, 0.6) is 0 Å². The molecule has 1 aromatic rings. The van der Waals surface area contributed by atoms with Crippen LogP contribution in [-0.4, -0.2) is 39.4 Å². The molecule has 2 heterocycles. The zero-order valence-electron chi connectivity index (χ0n) is 12.7. The van der Waals surface area contributed by atoms with Gasteiger partial charge >= 0.3 is 0 Å². The van der Waals surface area contributed by atoms with Crippen molar-refractivity contribution < 1.29 is 14.0 Å². The lowest BCUT2D eigenvalue weighted by atomic mass is 10.1. The first-order valence-electron chi connectivity index (χ1n) is 7.72. The summed E-state index contributed by atoms with van der Waals surface area (Å²) in [7, 11) is 0. The van der Waals surface area contributed by atoms with Crippen LogP contribution in [0.1, 0.15) is 37.3 Å². The van der Waals surface area contributed by atoms with Crippen molar-refractivity contribution in [3.63, 3.8) is 0 Å². The normalized spacial score (nSPS) is 22.2. The van der Waals surface area contributed by atoms with Crippen molar-refractivity contribution in [1.29, 1.82) is 0 Å². The molecule has 0 spiro atoms. The van der Waals surface area contributed by atoms with Gasteiger partial charge in [-0.1, -0.05) is 12.8 Å². The molecule has 1 saturated carbocycles. The summed E-state index contributed by atoms with van der Waals surface area (Å²) < 4.78 is 5.34. The fourth-order valence-electron chi connectivity index (χ4n) is 3.05. The number of aromatic nitrogens is 1. The molecular weight excluding hydrogens is 302 g/mol. The third-order valence-corrected chi connectivity index (χ3v) is 5.27. The smallest absolute Gasteiger partial charge is 0.244 e. The number of hydrogen-bond acceptors (Lipinski definition) is 5. The number of carbonyl (C=O) groups is 2. The third kappa shape index (κ3) is 3.29. The number of hydrogen-bond donors (Lipinski definition) is 1. The summed E-state index contributed by atoms with van der Waals surface area (Å²) in [6.45, 7) is 2.08. The van der Waals surface area contributed by atoms with Gasteiger partial charge in [-0.15, -0.1) is 11.8 Å². The van der Waals surface area contributed by atoms with Crippen molar-refractivity contribution in [2.24, 2.45) is 5.92 Å². The molecule has 0 radical (unpaired) electrons. The number of aryl methyl sites for hydroxylation is 1. The first kappa shape index (κ1) is 15.4. The minimum Gasteiger partial charge on any atom is -0.444 e. The van der Waals surface area contributed by atoms with Gasteiger partial charge in [-0.05, 0) is 19.8 Å². The Morgan fingerprint density at radius 1 is 1.45 bits per heavy atom. The molecule has 2 aliphatic rings. The number of nitrogens with one attached hydrogen (secondary N) is 1. The van der Waals surface area contributed by atoms with Crippen LogP contribution in [0.15, 0.2) is 10.6 Å². The number of nitrogens with zero attached hydrogens (tertiary/aromatic N) is 2. The summed E-state index contributed by atoms with van der Waals surface area (Å²) in [5.41, 5.74) is 0. The van der Waals surface area contributed by atoms with Crippen molar-refractivity contribution in [2.45, 2.75) is 45.2 Å². The van der Waals surface area contributed by atoms with E-state index in [1.165, 1.54) is 0 Å². The summed E-state index contributed by atoms with van der Waals surface area (Å²) in [5, 5.41) is 2.83. The van der Waals surface area contributed by atoms with Gasteiger partial charge in [0.15, 0.2) is 0 Å². The van der Waals surface area contributed by atoms with Gasteiger partial charge < -0.3 is 14.6 Å². The van der Waals surface area contributed by atoms with Gasteiger partial charge in [-0.2, -0.15) is 0 Å². The molecule has 0 aromatic carbocycles. The van der Waals surface area contributed by atoms with Crippen molar-refractivity contribution in [3.05, 3.63) is 17.8 Å². The summed E-state index contributed by atoms with van der Waals surface area (Å²) in [6.07, 6.45) is 5.80. The van der Waals surface area contributed by atoms with Crippen molar-refractivity contribution in [1.82, 2.24) is 15.2 Å². The zero-order valence-corrected chi connectivity index (χ0v) is 13.5. The fourth-order valence-corrected chi connectivity index (χ4v) is 4.21. The van der Waals surface area contributed by atoms with E-state index < -0.39 is 0 Å². The maximum atomic E-state index is 12.5. The maximum absolute atomic E-state index is 12.5. The fraction of sp³-hybridized carbons (Fsp3) is 0.667. The summed E-state index contributed by atoms with van der Waals surface area (Å²) >= 11 is 1.64. The van der Waals surface area contributed by atoms with Gasteiger partial charge in [0.1, 0.15) is 11.8 Å². The van der Waals surface area contributed by atoms with Crippen molar-refractivity contribution >= 4 is 23.6 Å². The highest BCUT2D eigenvalue weighted by molar-refractivity contribution is 7.99. The van der Waals surface area contributed by atoms with Crippen LogP contribution >= 0.6 is 11.8 Å². The Hall–Kier alpha value is -1.50. The summed E-state index contributed by atoms with van der Waals surface area (Å²) in [5.74, 6) is 2.63. The van der Waals surface area contributed by atoms with Crippen LogP contribution in [0.4, 0.5) is 0 Å². The van der Waals surface area contributed by atoms with Crippen LogP contribution in [-0.2, 0) is 16.1 Å². The number of carbonyl (C=O) groups excluding carboxylic acids is 2. The molecular formula is C15H21N3O3S. The largest absolute Gasteiger partial charge is 0.444 e. The average molecular weight is 323 g/mol. The molecule has 1 N–H and O–H groups in total. The molecule has 0 unspecified atom stereocenters. The summed E-state index contributed by atoms with van der Waals surface area (Å²) in [6, 6.07) is -0.367. The van der Waals surface area contributed by atoms with Gasteiger partial charge in [-0.3, -0.25) is 9.59 Å². The molecule has 120 valence electrons. The lowest BCUT2D eigenvalue weighted by Gasteiger charge is -2.25. The van der Waals surface area contributed by atoms with Gasteiger partial charge in [0.2, 0.25) is 17.7 Å². The quantitative estimate of drug-likeness (QED) is 0.912. The van der Waals surface area contributed by atoms with E-state index >= 15 is 0 Å². The molecule has 7 heteroatoms. The van der Waals surface area contributed by atoms with Crippen LogP contribution in [0.3, 0.4) is 0 Å².